The predicted molar refractivity (Wildman–Crippen MR) is 117 cm³/mol. The summed E-state index contributed by atoms with van der Waals surface area (Å²) in [5, 5.41) is 3.47. The normalized spacial score (nSPS) is 20.4. The molecule has 1 aliphatic carbocycles. The number of allylic oxidation sites excluding steroid dienone is 1. The van der Waals surface area contributed by atoms with Crippen LogP contribution in [0.15, 0.2) is 59.8 Å². The molecule has 4 nitrogen and oxygen atoms in total. The Morgan fingerprint density at radius 1 is 1.10 bits per heavy atom. The van der Waals surface area contributed by atoms with Gasteiger partial charge in [0.2, 0.25) is 5.91 Å². The van der Waals surface area contributed by atoms with Crippen molar-refractivity contribution >= 4 is 23.1 Å². The van der Waals surface area contributed by atoms with Crippen LogP contribution in [-0.4, -0.2) is 11.7 Å². The predicted octanol–water partition coefficient (Wildman–Crippen LogP) is 5.62. The zero-order valence-corrected chi connectivity index (χ0v) is 17.8. The number of para-hydroxylation sites is 2. The molecule has 0 unspecified atom stereocenters. The number of anilines is 2. The van der Waals surface area contributed by atoms with E-state index < -0.39 is 6.04 Å². The number of rotatable bonds is 2. The van der Waals surface area contributed by atoms with Gasteiger partial charge in [0.1, 0.15) is 5.82 Å². The highest BCUT2D eigenvalue weighted by Crippen LogP contribution is 2.48. The van der Waals surface area contributed by atoms with Crippen molar-refractivity contribution in [2.75, 3.05) is 10.2 Å². The Morgan fingerprint density at radius 2 is 1.77 bits per heavy atom. The fourth-order valence-corrected chi connectivity index (χ4v) is 4.47. The molecule has 1 N–H and O–H groups in total. The monoisotopic (exact) mass is 406 g/mol. The quantitative estimate of drug-likeness (QED) is 0.704. The van der Waals surface area contributed by atoms with Gasteiger partial charge in [-0.1, -0.05) is 52.0 Å². The van der Waals surface area contributed by atoms with E-state index in [1.165, 1.54) is 12.1 Å². The van der Waals surface area contributed by atoms with Gasteiger partial charge in [0.25, 0.3) is 0 Å². The van der Waals surface area contributed by atoms with Crippen molar-refractivity contribution in [3.63, 3.8) is 0 Å². The van der Waals surface area contributed by atoms with Crippen LogP contribution in [0.2, 0.25) is 0 Å². The Bertz CT molecular complexity index is 1040. The van der Waals surface area contributed by atoms with E-state index in [1.54, 1.807) is 17.0 Å². The number of amides is 1. The van der Waals surface area contributed by atoms with Crippen LogP contribution in [0, 0.1) is 17.2 Å². The van der Waals surface area contributed by atoms with E-state index in [-0.39, 0.29) is 28.8 Å². The largest absolute Gasteiger partial charge is 0.357 e. The van der Waals surface area contributed by atoms with Crippen molar-refractivity contribution in [1.82, 2.24) is 0 Å². The summed E-state index contributed by atoms with van der Waals surface area (Å²) in [6.45, 7) is 7.87. The van der Waals surface area contributed by atoms with Gasteiger partial charge in [-0.2, -0.15) is 0 Å². The van der Waals surface area contributed by atoms with Crippen LogP contribution in [0.25, 0.3) is 0 Å². The highest BCUT2D eigenvalue weighted by molar-refractivity contribution is 6.06. The van der Waals surface area contributed by atoms with E-state index in [0.29, 0.717) is 18.4 Å². The van der Waals surface area contributed by atoms with Gasteiger partial charge in [0, 0.05) is 23.6 Å². The van der Waals surface area contributed by atoms with E-state index in [9.17, 15) is 14.0 Å². The first kappa shape index (κ1) is 20.3. The van der Waals surface area contributed by atoms with Crippen LogP contribution in [0.3, 0.4) is 0 Å². The molecule has 2 aliphatic rings. The van der Waals surface area contributed by atoms with Gasteiger partial charge in [0.15, 0.2) is 5.78 Å². The zero-order chi connectivity index (χ0) is 21.6. The van der Waals surface area contributed by atoms with Gasteiger partial charge in [0.05, 0.1) is 17.4 Å². The van der Waals surface area contributed by atoms with Gasteiger partial charge < -0.3 is 5.32 Å². The smallest absolute Gasteiger partial charge is 0.230 e. The Morgan fingerprint density at radius 3 is 2.43 bits per heavy atom. The second-order valence-corrected chi connectivity index (χ2v) is 9.29. The first-order valence-electron chi connectivity index (χ1n) is 10.4. The van der Waals surface area contributed by atoms with E-state index >= 15 is 0 Å². The van der Waals surface area contributed by atoms with Crippen molar-refractivity contribution in [1.29, 1.82) is 0 Å². The molecule has 2 aromatic rings. The summed E-state index contributed by atoms with van der Waals surface area (Å²) in [5.74, 6) is -0.668. The van der Waals surface area contributed by atoms with Crippen molar-refractivity contribution < 1.29 is 14.0 Å². The lowest BCUT2D eigenvalue weighted by atomic mass is 9.73. The zero-order valence-electron chi connectivity index (χ0n) is 17.8. The molecule has 30 heavy (non-hydrogen) atoms. The summed E-state index contributed by atoms with van der Waals surface area (Å²) in [7, 11) is 0. The maximum Gasteiger partial charge on any atom is 0.230 e. The van der Waals surface area contributed by atoms with Crippen LogP contribution in [0.5, 0.6) is 0 Å². The number of ketones is 1. The van der Waals surface area contributed by atoms with Crippen molar-refractivity contribution in [2.24, 2.45) is 11.3 Å². The molecule has 1 amide bonds. The van der Waals surface area contributed by atoms with Gasteiger partial charge in [-0.3, -0.25) is 14.5 Å². The third-order valence-electron chi connectivity index (χ3n) is 5.82. The number of carbonyl (C=O) groups excluding carboxylic acids is 2. The molecule has 0 bridgehead atoms. The molecule has 2 aromatic carbocycles. The minimum atomic E-state index is -0.602. The van der Waals surface area contributed by atoms with Crippen LogP contribution in [0.4, 0.5) is 15.8 Å². The van der Waals surface area contributed by atoms with Crippen LogP contribution >= 0.6 is 0 Å². The fourth-order valence-electron chi connectivity index (χ4n) is 4.47. The standard InChI is InChI=1S/C25H27FN2O2/c1-15(2)24(30)28-20-8-6-5-7-18(20)27-19-13-25(3,4)14-21(29)22(19)23(28)16-9-11-17(26)12-10-16/h5-12,15,23,27H,13-14H2,1-4H3/t23-/m0/s1. The van der Waals surface area contributed by atoms with E-state index in [1.807, 2.05) is 38.1 Å². The molecule has 4 rings (SSSR count). The van der Waals surface area contributed by atoms with Gasteiger partial charge in [-0.25, -0.2) is 4.39 Å². The third-order valence-corrected chi connectivity index (χ3v) is 5.82. The number of nitrogens with zero attached hydrogens (tertiary/aromatic N) is 1. The molecule has 0 spiro atoms. The molecule has 156 valence electrons. The Kier molecular flexibility index (Phi) is 5.00. The minimum Gasteiger partial charge on any atom is -0.357 e. The lowest BCUT2D eigenvalue weighted by Gasteiger charge is -2.37. The number of hydrogen-bond acceptors (Lipinski definition) is 3. The molecule has 1 aliphatic heterocycles. The summed E-state index contributed by atoms with van der Waals surface area (Å²) in [6, 6.07) is 13.1. The summed E-state index contributed by atoms with van der Waals surface area (Å²) < 4.78 is 13.7. The molecule has 1 heterocycles. The lowest BCUT2D eigenvalue weighted by Crippen LogP contribution is -2.41. The number of hydrogen-bond donors (Lipinski definition) is 1. The van der Waals surface area contributed by atoms with E-state index in [0.717, 1.165) is 22.6 Å². The molecular weight excluding hydrogens is 379 g/mol. The third kappa shape index (κ3) is 3.53. The van der Waals surface area contributed by atoms with E-state index in [4.69, 9.17) is 0 Å². The molecule has 0 fully saturated rings. The minimum absolute atomic E-state index is 0.0254. The van der Waals surface area contributed by atoms with Gasteiger partial charge >= 0.3 is 0 Å². The molecule has 0 radical (unpaired) electrons. The Labute approximate surface area is 176 Å². The van der Waals surface area contributed by atoms with Crippen molar-refractivity contribution in [3.8, 4) is 0 Å². The Balaban J connectivity index is 2.01. The summed E-state index contributed by atoms with van der Waals surface area (Å²) in [4.78, 5) is 28.6. The first-order valence-corrected chi connectivity index (χ1v) is 10.4. The molecule has 0 saturated heterocycles. The molecule has 0 aromatic heterocycles. The molecular formula is C25H27FN2O2. The van der Waals surface area contributed by atoms with Crippen molar-refractivity contribution in [2.45, 2.75) is 46.6 Å². The van der Waals surface area contributed by atoms with Crippen LogP contribution in [0.1, 0.15) is 52.1 Å². The maximum absolute atomic E-state index is 13.7. The number of nitrogens with one attached hydrogen (secondary N) is 1. The van der Waals surface area contributed by atoms with Crippen molar-refractivity contribution in [3.05, 3.63) is 71.2 Å². The molecule has 1 atom stereocenters. The SMILES string of the molecule is CC(C)C(=O)N1c2ccccc2NC2=C(C(=O)CC(C)(C)C2)[C@@H]1c1ccc(F)cc1. The van der Waals surface area contributed by atoms with E-state index in [2.05, 4.69) is 19.2 Å². The van der Waals surface area contributed by atoms with Crippen LogP contribution < -0.4 is 10.2 Å². The summed E-state index contributed by atoms with van der Waals surface area (Å²) in [5.41, 5.74) is 3.52. The molecule has 5 heteroatoms. The Hall–Kier alpha value is -2.95. The number of Topliss-reactive ketones (excluding diaryl/α,β-unsaturated/α-hetero) is 1. The van der Waals surface area contributed by atoms with Gasteiger partial charge in [-0.15, -0.1) is 0 Å². The lowest BCUT2D eigenvalue weighted by molar-refractivity contribution is -0.122. The number of halogens is 1. The number of fused-ring (bicyclic) bond motifs is 1. The topological polar surface area (TPSA) is 49.4 Å². The summed E-state index contributed by atoms with van der Waals surface area (Å²) in [6.07, 6.45) is 1.11. The summed E-state index contributed by atoms with van der Waals surface area (Å²) >= 11 is 0. The average molecular weight is 407 g/mol. The first-order chi connectivity index (χ1) is 14.2. The van der Waals surface area contributed by atoms with Gasteiger partial charge in [-0.05, 0) is 41.7 Å². The average Bonchev–Trinajstić information content (AvgIpc) is 2.81. The van der Waals surface area contributed by atoms with Crippen LogP contribution in [-0.2, 0) is 9.59 Å². The maximum atomic E-state index is 13.7. The highest BCUT2D eigenvalue weighted by Gasteiger charge is 2.43. The second kappa shape index (κ2) is 7.38. The fraction of sp³-hybridized carbons (Fsp3) is 0.360. The highest BCUT2D eigenvalue weighted by atomic mass is 19.1. The number of carbonyl (C=O) groups is 2. The second-order valence-electron chi connectivity index (χ2n) is 9.29. The number of benzene rings is 2. The molecule has 0 saturated carbocycles.